The molecule has 2 rings (SSSR count). The molecule has 2 N–H and O–H groups in total. The molecular weight excluding hydrogens is 282 g/mol. The van der Waals surface area contributed by atoms with E-state index in [9.17, 15) is 0 Å². The second-order valence-corrected chi connectivity index (χ2v) is 5.65. The van der Waals surface area contributed by atoms with Crippen molar-refractivity contribution in [3.8, 4) is 11.5 Å². The Morgan fingerprint density at radius 2 is 1.90 bits per heavy atom. The molecule has 0 fully saturated rings. The number of hydrogen-bond acceptors (Lipinski definition) is 2. The summed E-state index contributed by atoms with van der Waals surface area (Å²) in [7, 11) is 0. The molecule has 1 unspecified atom stereocenters. The maximum atomic E-state index is 6.31. The van der Waals surface area contributed by atoms with Crippen molar-refractivity contribution in [2.75, 3.05) is 0 Å². The number of halogens is 1. The van der Waals surface area contributed by atoms with Gasteiger partial charge in [-0.05, 0) is 54.7 Å². The lowest BCUT2D eigenvalue weighted by molar-refractivity contribution is 0.482. The fraction of sp³-hybridized carbons (Fsp3) is 0.333. The SMILES string of the molecule is CCc1cccc(Oc2ccc(CC(N)CC)cc2Cl)c1. The van der Waals surface area contributed by atoms with Gasteiger partial charge < -0.3 is 10.5 Å². The average Bonchev–Trinajstić information content (AvgIpc) is 2.50. The quantitative estimate of drug-likeness (QED) is 0.817. The topological polar surface area (TPSA) is 35.2 Å². The number of ether oxygens (including phenoxy) is 1. The largest absolute Gasteiger partial charge is 0.456 e. The maximum absolute atomic E-state index is 6.31. The van der Waals surface area contributed by atoms with Gasteiger partial charge in [-0.25, -0.2) is 0 Å². The summed E-state index contributed by atoms with van der Waals surface area (Å²) >= 11 is 6.31. The highest BCUT2D eigenvalue weighted by Gasteiger charge is 2.07. The average molecular weight is 304 g/mol. The van der Waals surface area contributed by atoms with Gasteiger partial charge in [0.1, 0.15) is 11.5 Å². The van der Waals surface area contributed by atoms with Gasteiger partial charge in [0.15, 0.2) is 0 Å². The van der Waals surface area contributed by atoms with Crippen molar-refractivity contribution in [2.45, 2.75) is 39.2 Å². The van der Waals surface area contributed by atoms with Crippen LogP contribution in [0.2, 0.25) is 5.02 Å². The molecule has 0 aliphatic heterocycles. The lowest BCUT2D eigenvalue weighted by atomic mass is 10.0. The van der Waals surface area contributed by atoms with Gasteiger partial charge in [-0.3, -0.25) is 0 Å². The van der Waals surface area contributed by atoms with Gasteiger partial charge >= 0.3 is 0 Å². The van der Waals surface area contributed by atoms with Crippen LogP contribution < -0.4 is 10.5 Å². The Hall–Kier alpha value is -1.51. The highest BCUT2D eigenvalue weighted by molar-refractivity contribution is 6.32. The second kappa shape index (κ2) is 7.48. The first kappa shape index (κ1) is 15.9. The van der Waals surface area contributed by atoms with Crippen LogP contribution in [-0.4, -0.2) is 6.04 Å². The first-order valence-corrected chi connectivity index (χ1v) is 7.81. The molecule has 21 heavy (non-hydrogen) atoms. The van der Waals surface area contributed by atoms with Crippen LogP contribution in [0, 0.1) is 0 Å². The number of benzene rings is 2. The summed E-state index contributed by atoms with van der Waals surface area (Å²) in [4.78, 5) is 0. The number of rotatable bonds is 6. The zero-order valence-electron chi connectivity index (χ0n) is 12.6. The molecule has 0 spiro atoms. The molecule has 1 atom stereocenters. The highest BCUT2D eigenvalue weighted by atomic mass is 35.5. The van der Waals surface area contributed by atoms with E-state index in [0.29, 0.717) is 10.8 Å². The monoisotopic (exact) mass is 303 g/mol. The predicted octanol–water partition coefficient (Wildman–Crippen LogP) is 4.97. The summed E-state index contributed by atoms with van der Waals surface area (Å²) in [6.07, 6.45) is 2.78. The molecule has 2 nitrogen and oxygen atoms in total. The van der Waals surface area contributed by atoms with Crippen molar-refractivity contribution in [3.05, 3.63) is 58.6 Å². The Bertz CT molecular complexity index is 598. The predicted molar refractivity (Wildman–Crippen MR) is 89.3 cm³/mol. The van der Waals surface area contributed by atoms with Crippen molar-refractivity contribution >= 4 is 11.6 Å². The van der Waals surface area contributed by atoms with Crippen LogP contribution in [-0.2, 0) is 12.8 Å². The highest BCUT2D eigenvalue weighted by Crippen LogP contribution is 2.30. The van der Waals surface area contributed by atoms with E-state index in [1.54, 1.807) is 0 Å². The zero-order chi connectivity index (χ0) is 15.2. The van der Waals surface area contributed by atoms with Gasteiger partial charge in [0.05, 0.1) is 5.02 Å². The summed E-state index contributed by atoms with van der Waals surface area (Å²) in [6, 6.07) is 14.1. The van der Waals surface area contributed by atoms with Crippen LogP contribution in [0.4, 0.5) is 0 Å². The molecule has 0 saturated carbocycles. The normalized spacial score (nSPS) is 12.2. The van der Waals surface area contributed by atoms with E-state index < -0.39 is 0 Å². The minimum Gasteiger partial charge on any atom is -0.456 e. The van der Waals surface area contributed by atoms with Gasteiger partial charge in [-0.1, -0.05) is 43.6 Å². The Morgan fingerprint density at radius 1 is 1.10 bits per heavy atom. The zero-order valence-corrected chi connectivity index (χ0v) is 13.4. The summed E-state index contributed by atoms with van der Waals surface area (Å²) in [6.45, 7) is 4.21. The minimum absolute atomic E-state index is 0.175. The molecule has 2 aromatic carbocycles. The molecular formula is C18H22ClNO. The van der Waals surface area contributed by atoms with Gasteiger partial charge in [0.2, 0.25) is 0 Å². The molecule has 2 aromatic rings. The summed E-state index contributed by atoms with van der Waals surface area (Å²) in [5.74, 6) is 1.49. The standard InChI is InChI=1S/C18H22ClNO/c1-3-13-6-5-7-16(11-13)21-18-9-8-14(12-17(18)19)10-15(20)4-2/h5-9,11-12,15H,3-4,10,20H2,1-2H3. The third kappa shape index (κ3) is 4.48. The first-order valence-electron chi connectivity index (χ1n) is 7.43. The maximum Gasteiger partial charge on any atom is 0.146 e. The van der Waals surface area contributed by atoms with E-state index in [0.717, 1.165) is 30.6 Å². The number of aryl methyl sites for hydroxylation is 1. The lowest BCUT2D eigenvalue weighted by Gasteiger charge is -2.12. The summed E-state index contributed by atoms with van der Waals surface area (Å²) < 4.78 is 5.87. The van der Waals surface area contributed by atoms with Gasteiger partial charge in [-0.15, -0.1) is 0 Å². The molecule has 0 radical (unpaired) electrons. The van der Waals surface area contributed by atoms with Crippen molar-refractivity contribution in [2.24, 2.45) is 5.73 Å². The van der Waals surface area contributed by atoms with E-state index in [4.69, 9.17) is 22.1 Å². The molecule has 0 aliphatic rings. The number of hydrogen-bond donors (Lipinski definition) is 1. The van der Waals surface area contributed by atoms with Crippen molar-refractivity contribution in [1.82, 2.24) is 0 Å². The molecule has 112 valence electrons. The van der Waals surface area contributed by atoms with E-state index in [1.165, 1.54) is 5.56 Å². The van der Waals surface area contributed by atoms with Crippen molar-refractivity contribution in [3.63, 3.8) is 0 Å². The fourth-order valence-corrected chi connectivity index (χ4v) is 2.40. The number of nitrogens with two attached hydrogens (primary N) is 1. The molecule has 0 saturated heterocycles. The Kier molecular flexibility index (Phi) is 5.66. The summed E-state index contributed by atoms with van der Waals surface area (Å²) in [5, 5.41) is 0.623. The van der Waals surface area contributed by atoms with E-state index in [2.05, 4.69) is 19.9 Å². The smallest absolute Gasteiger partial charge is 0.146 e. The van der Waals surface area contributed by atoms with E-state index in [1.807, 2.05) is 36.4 Å². The third-order valence-corrected chi connectivity index (χ3v) is 3.85. The first-order chi connectivity index (χ1) is 10.1. The van der Waals surface area contributed by atoms with Crippen LogP contribution in [0.3, 0.4) is 0 Å². The van der Waals surface area contributed by atoms with Crippen LogP contribution in [0.25, 0.3) is 0 Å². The molecule has 0 amide bonds. The Morgan fingerprint density at radius 3 is 2.57 bits per heavy atom. The van der Waals surface area contributed by atoms with Crippen LogP contribution in [0.5, 0.6) is 11.5 Å². The van der Waals surface area contributed by atoms with Crippen LogP contribution in [0.1, 0.15) is 31.4 Å². The van der Waals surface area contributed by atoms with Gasteiger partial charge in [-0.2, -0.15) is 0 Å². The fourth-order valence-electron chi connectivity index (χ4n) is 2.16. The van der Waals surface area contributed by atoms with Gasteiger partial charge in [0, 0.05) is 6.04 Å². The van der Waals surface area contributed by atoms with Gasteiger partial charge in [0.25, 0.3) is 0 Å². The Balaban J connectivity index is 2.13. The van der Waals surface area contributed by atoms with E-state index >= 15 is 0 Å². The Labute approximate surface area is 131 Å². The molecule has 0 bridgehead atoms. The second-order valence-electron chi connectivity index (χ2n) is 5.24. The van der Waals surface area contributed by atoms with Crippen molar-refractivity contribution in [1.29, 1.82) is 0 Å². The van der Waals surface area contributed by atoms with Crippen LogP contribution in [0.15, 0.2) is 42.5 Å². The molecule has 0 aliphatic carbocycles. The van der Waals surface area contributed by atoms with Crippen LogP contribution >= 0.6 is 11.6 Å². The molecule has 3 heteroatoms. The lowest BCUT2D eigenvalue weighted by Crippen LogP contribution is -2.21. The third-order valence-electron chi connectivity index (χ3n) is 3.55. The summed E-state index contributed by atoms with van der Waals surface area (Å²) in [5.41, 5.74) is 8.36. The van der Waals surface area contributed by atoms with Crippen molar-refractivity contribution < 1.29 is 4.74 Å². The van der Waals surface area contributed by atoms with E-state index in [-0.39, 0.29) is 6.04 Å². The molecule has 0 heterocycles. The minimum atomic E-state index is 0.175. The molecule has 0 aromatic heterocycles.